The standard InChI is InChI=1S/C15H26N2O2S/c1-12-10-17-14(20-12)15(18,7-3-4-9-19-2)13-6-5-8-16-11-13/h10,13,16,18H,3-9,11H2,1-2H3/t13?,15-/m0/s1. The molecule has 114 valence electrons. The second-order valence-electron chi connectivity index (χ2n) is 5.69. The van der Waals surface area contributed by atoms with Crippen molar-refractivity contribution >= 4 is 11.3 Å². The number of aromatic nitrogens is 1. The van der Waals surface area contributed by atoms with Crippen molar-refractivity contribution in [2.24, 2.45) is 5.92 Å². The third-order valence-electron chi connectivity index (χ3n) is 4.12. The molecule has 0 aromatic carbocycles. The first-order valence-corrected chi connectivity index (χ1v) is 8.33. The van der Waals surface area contributed by atoms with E-state index in [0.29, 0.717) is 0 Å². The summed E-state index contributed by atoms with van der Waals surface area (Å²) in [6.45, 7) is 4.76. The van der Waals surface area contributed by atoms with Crippen LogP contribution in [0.3, 0.4) is 0 Å². The molecule has 1 aliphatic heterocycles. The van der Waals surface area contributed by atoms with Gasteiger partial charge in [0.25, 0.3) is 0 Å². The molecular weight excluding hydrogens is 272 g/mol. The molecule has 2 heterocycles. The number of thiazole rings is 1. The number of nitrogens with one attached hydrogen (secondary N) is 1. The van der Waals surface area contributed by atoms with Crippen molar-refractivity contribution in [2.45, 2.75) is 44.6 Å². The van der Waals surface area contributed by atoms with Crippen LogP contribution < -0.4 is 5.32 Å². The first-order valence-electron chi connectivity index (χ1n) is 7.52. The van der Waals surface area contributed by atoms with Gasteiger partial charge in [-0.25, -0.2) is 4.98 Å². The highest BCUT2D eigenvalue weighted by atomic mass is 32.1. The number of aliphatic hydroxyl groups is 1. The molecule has 0 saturated carbocycles. The molecule has 0 aliphatic carbocycles. The monoisotopic (exact) mass is 298 g/mol. The molecule has 1 fully saturated rings. The molecule has 0 spiro atoms. The van der Waals surface area contributed by atoms with E-state index < -0.39 is 5.60 Å². The summed E-state index contributed by atoms with van der Waals surface area (Å²) in [5, 5.41) is 15.6. The largest absolute Gasteiger partial charge is 0.385 e. The fourth-order valence-corrected chi connectivity index (χ4v) is 3.90. The molecule has 1 unspecified atom stereocenters. The van der Waals surface area contributed by atoms with Gasteiger partial charge in [0.15, 0.2) is 0 Å². The van der Waals surface area contributed by atoms with Crippen LogP contribution in [0.1, 0.15) is 42.0 Å². The minimum absolute atomic E-state index is 0.268. The lowest BCUT2D eigenvalue weighted by Gasteiger charge is -2.37. The Bertz CT molecular complexity index is 404. The molecule has 1 aromatic heterocycles. The third kappa shape index (κ3) is 3.79. The molecule has 20 heavy (non-hydrogen) atoms. The quantitative estimate of drug-likeness (QED) is 0.759. The molecule has 2 N–H and O–H groups in total. The summed E-state index contributed by atoms with van der Waals surface area (Å²) >= 11 is 1.63. The van der Waals surface area contributed by atoms with E-state index in [4.69, 9.17) is 4.74 Å². The highest BCUT2D eigenvalue weighted by Gasteiger charge is 2.40. The molecule has 0 amide bonds. The van der Waals surface area contributed by atoms with Crippen molar-refractivity contribution in [1.82, 2.24) is 10.3 Å². The van der Waals surface area contributed by atoms with E-state index in [-0.39, 0.29) is 5.92 Å². The van der Waals surface area contributed by atoms with Crippen molar-refractivity contribution in [3.05, 3.63) is 16.1 Å². The fourth-order valence-electron chi connectivity index (χ4n) is 2.94. The molecule has 1 aliphatic rings. The van der Waals surface area contributed by atoms with Crippen LogP contribution in [0.15, 0.2) is 6.20 Å². The van der Waals surface area contributed by atoms with Gasteiger partial charge in [0.05, 0.1) is 0 Å². The van der Waals surface area contributed by atoms with Crippen LogP contribution in [-0.4, -0.2) is 36.9 Å². The number of piperidine rings is 1. The number of rotatable bonds is 7. The van der Waals surface area contributed by atoms with Gasteiger partial charge >= 0.3 is 0 Å². The molecule has 0 radical (unpaired) electrons. The van der Waals surface area contributed by atoms with Crippen molar-refractivity contribution in [2.75, 3.05) is 26.8 Å². The average Bonchev–Trinajstić information content (AvgIpc) is 2.91. The number of nitrogens with zero attached hydrogens (tertiary/aromatic N) is 1. The number of aryl methyl sites for hydroxylation is 1. The Kier molecular flexibility index (Phi) is 5.96. The molecule has 1 saturated heterocycles. The first kappa shape index (κ1) is 15.9. The van der Waals surface area contributed by atoms with Crippen molar-refractivity contribution < 1.29 is 9.84 Å². The Labute approximate surface area is 125 Å². The van der Waals surface area contributed by atoms with Crippen molar-refractivity contribution in [3.63, 3.8) is 0 Å². The van der Waals surface area contributed by atoms with Gasteiger partial charge in [0.2, 0.25) is 0 Å². The van der Waals surface area contributed by atoms with Crippen LogP contribution >= 0.6 is 11.3 Å². The Morgan fingerprint density at radius 2 is 2.40 bits per heavy atom. The van der Waals surface area contributed by atoms with Gasteiger partial charge in [-0.05, 0) is 45.6 Å². The zero-order valence-electron chi connectivity index (χ0n) is 12.5. The number of unbranched alkanes of at least 4 members (excludes halogenated alkanes) is 1. The second-order valence-corrected chi connectivity index (χ2v) is 6.93. The minimum atomic E-state index is -0.778. The summed E-state index contributed by atoms with van der Waals surface area (Å²) in [4.78, 5) is 5.64. The summed E-state index contributed by atoms with van der Waals surface area (Å²) in [7, 11) is 1.72. The maximum atomic E-state index is 11.3. The summed E-state index contributed by atoms with van der Waals surface area (Å²) in [6.07, 6.45) is 6.82. The van der Waals surface area contributed by atoms with E-state index in [9.17, 15) is 5.11 Å². The topological polar surface area (TPSA) is 54.4 Å². The van der Waals surface area contributed by atoms with Gasteiger partial charge in [-0.2, -0.15) is 0 Å². The van der Waals surface area contributed by atoms with Gasteiger partial charge < -0.3 is 15.2 Å². The maximum absolute atomic E-state index is 11.3. The van der Waals surface area contributed by atoms with Crippen molar-refractivity contribution in [3.8, 4) is 0 Å². The van der Waals surface area contributed by atoms with Crippen LogP contribution in [0.4, 0.5) is 0 Å². The Balaban J connectivity index is 2.09. The van der Waals surface area contributed by atoms with E-state index in [1.165, 1.54) is 4.88 Å². The number of methoxy groups -OCH3 is 1. The predicted molar refractivity (Wildman–Crippen MR) is 82.1 cm³/mol. The predicted octanol–water partition coefficient (Wildman–Crippen LogP) is 2.46. The molecule has 4 nitrogen and oxygen atoms in total. The summed E-state index contributed by atoms with van der Waals surface area (Å²) in [5.74, 6) is 0.268. The minimum Gasteiger partial charge on any atom is -0.385 e. The Hall–Kier alpha value is -0.490. The van der Waals surface area contributed by atoms with Crippen LogP contribution in [0.5, 0.6) is 0 Å². The fraction of sp³-hybridized carbons (Fsp3) is 0.800. The molecule has 2 atom stereocenters. The van der Waals surface area contributed by atoms with Gasteiger partial charge in [0.1, 0.15) is 10.6 Å². The van der Waals surface area contributed by atoms with E-state index in [1.807, 2.05) is 13.1 Å². The Morgan fingerprint density at radius 3 is 3.00 bits per heavy atom. The molecule has 2 rings (SSSR count). The molecule has 1 aromatic rings. The van der Waals surface area contributed by atoms with Crippen molar-refractivity contribution in [1.29, 1.82) is 0 Å². The molecule has 0 bridgehead atoms. The molecular formula is C15H26N2O2S. The zero-order valence-corrected chi connectivity index (χ0v) is 13.3. The SMILES string of the molecule is COCCCC[C@@](O)(c1ncc(C)s1)C1CCCNC1. The van der Waals surface area contributed by atoms with E-state index in [1.54, 1.807) is 18.4 Å². The smallest absolute Gasteiger partial charge is 0.125 e. The van der Waals surface area contributed by atoms with Crippen LogP contribution in [0.2, 0.25) is 0 Å². The lowest BCUT2D eigenvalue weighted by Crippen LogP contribution is -2.44. The highest BCUT2D eigenvalue weighted by molar-refractivity contribution is 7.11. The van der Waals surface area contributed by atoms with Gasteiger partial charge in [-0.3, -0.25) is 0 Å². The Morgan fingerprint density at radius 1 is 1.55 bits per heavy atom. The first-order chi connectivity index (χ1) is 9.66. The van der Waals surface area contributed by atoms with E-state index >= 15 is 0 Å². The van der Waals surface area contributed by atoms with Crippen LogP contribution in [0, 0.1) is 12.8 Å². The number of hydrogen-bond acceptors (Lipinski definition) is 5. The summed E-state index contributed by atoms with van der Waals surface area (Å²) in [6, 6.07) is 0. The van der Waals surface area contributed by atoms with Gasteiger partial charge in [-0.1, -0.05) is 0 Å². The normalized spacial score (nSPS) is 22.6. The average molecular weight is 298 g/mol. The third-order valence-corrected chi connectivity index (χ3v) is 5.20. The molecule has 5 heteroatoms. The lowest BCUT2D eigenvalue weighted by molar-refractivity contribution is -0.0435. The van der Waals surface area contributed by atoms with E-state index in [2.05, 4.69) is 10.3 Å². The van der Waals surface area contributed by atoms with Crippen LogP contribution in [0.25, 0.3) is 0 Å². The number of hydrogen-bond donors (Lipinski definition) is 2. The van der Waals surface area contributed by atoms with Gasteiger partial charge in [-0.15, -0.1) is 11.3 Å². The summed E-state index contributed by atoms with van der Waals surface area (Å²) in [5.41, 5.74) is -0.778. The highest BCUT2D eigenvalue weighted by Crippen LogP contribution is 2.39. The number of ether oxygens (including phenoxy) is 1. The second kappa shape index (κ2) is 7.50. The zero-order chi connectivity index (χ0) is 14.4. The summed E-state index contributed by atoms with van der Waals surface area (Å²) < 4.78 is 5.10. The van der Waals surface area contributed by atoms with E-state index in [0.717, 1.165) is 56.8 Å². The lowest BCUT2D eigenvalue weighted by atomic mass is 9.79. The van der Waals surface area contributed by atoms with Gasteiger partial charge in [0, 0.05) is 37.3 Å². The van der Waals surface area contributed by atoms with Crippen LogP contribution in [-0.2, 0) is 10.3 Å². The maximum Gasteiger partial charge on any atom is 0.125 e.